The molecule has 2 N–H and O–H groups in total. The Morgan fingerprint density at radius 1 is 1.29 bits per heavy atom. The second-order valence-electron chi connectivity index (χ2n) is 9.15. The van der Waals surface area contributed by atoms with Crippen LogP contribution in [0, 0.1) is 5.92 Å². The molecule has 1 aliphatic heterocycles. The molecule has 0 aliphatic carbocycles. The average molecular weight is 447 g/mol. The molecule has 3 rings (SSSR count). The lowest BCUT2D eigenvalue weighted by Crippen LogP contribution is -2.48. The molecule has 2 aromatic rings. The number of imidazole rings is 1. The van der Waals surface area contributed by atoms with Crippen LogP contribution < -0.4 is 10.0 Å². The van der Waals surface area contributed by atoms with Gasteiger partial charge in [0.25, 0.3) is 0 Å². The van der Waals surface area contributed by atoms with Crippen molar-refractivity contribution in [1.29, 1.82) is 0 Å². The molecule has 2 heterocycles. The summed E-state index contributed by atoms with van der Waals surface area (Å²) >= 11 is 0. The molecular weight excluding hydrogens is 412 g/mol. The van der Waals surface area contributed by atoms with Crippen molar-refractivity contribution in [3.05, 3.63) is 48.5 Å². The molecule has 9 heteroatoms. The largest absolute Gasteiger partial charge is 0.352 e. The zero-order valence-electron chi connectivity index (χ0n) is 19.0. The van der Waals surface area contributed by atoms with Crippen LogP contribution in [0.4, 0.5) is 0 Å². The number of nitrogens with zero attached hydrogens (tertiary/aromatic N) is 4. The summed E-state index contributed by atoms with van der Waals surface area (Å²) in [4.78, 5) is 11.2. The normalized spacial score (nSPS) is 20.7. The van der Waals surface area contributed by atoms with Gasteiger partial charge in [0.15, 0.2) is 5.96 Å². The van der Waals surface area contributed by atoms with Crippen molar-refractivity contribution in [2.75, 3.05) is 20.1 Å². The van der Waals surface area contributed by atoms with E-state index in [0.29, 0.717) is 24.1 Å². The van der Waals surface area contributed by atoms with Crippen molar-refractivity contribution in [2.45, 2.75) is 57.1 Å². The first-order valence-electron chi connectivity index (χ1n) is 10.7. The maximum Gasteiger partial charge on any atom is 0.241 e. The summed E-state index contributed by atoms with van der Waals surface area (Å²) in [5, 5.41) is 3.37. The number of aliphatic imine (C=N–C) groups is 1. The van der Waals surface area contributed by atoms with E-state index >= 15 is 0 Å². The second kappa shape index (κ2) is 9.40. The van der Waals surface area contributed by atoms with E-state index in [2.05, 4.69) is 36.4 Å². The third kappa shape index (κ3) is 5.86. The van der Waals surface area contributed by atoms with E-state index in [1.807, 2.05) is 51.6 Å². The highest BCUT2D eigenvalue weighted by atomic mass is 32.2. The van der Waals surface area contributed by atoms with Gasteiger partial charge in [-0.05, 0) is 44.7 Å². The van der Waals surface area contributed by atoms with Crippen molar-refractivity contribution in [1.82, 2.24) is 24.5 Å². The molecule has 0 radical (unpaired) electrons. The van der Waals surface area contributed by atoms with Gasteiger partial charge in [-0.1, -0.05) is 25.1 Å². The van der Waals surface area contributed by atoms with Gasteiger partial charge in [-0.3, -0.25) is 4.99 Å². The van der Waals surface area contributed by atoms with Gasteiger partial charge in [0, 0.05) is 44.6 Å². The lowest BCUT2D eigenvalue weighted by Gasteiger charge is -2.39. The minimum atomic E-state index is -3.63. The zero-order chi connectivity index (χ0) is 22.6. The molecule has 0 amide bonds. The van der Waals surface area contributed by atoms with Crippen LogP contribution in [0.15, 0.2) is 52.9 Å². The van der Waals surface area contributed by atoms with E-state index < -0.39 is 15.6 Å². The molecule has 2 unspecified atom stereocenters. The number of hydrogen-bond acceptors (Lipinski definition) is 4. The van der Waals surface area contributed by atoms with Crippen LogP contribution in [0.25, 0.3) is 0 Å². The van der Waals surface area contributed by atoms with Gasteiger partial charge in [0.1, 0.15) is 0 Å². The number of piperidine rings is 1. The van der Waals surface area contributed by atoms with Crippen LogP contribution in [0.3, 0.4) is 0 Å². The smallest absolute Gasteiger partial charge is 0.241 e. The van der Waals surface area contributed by atoms with Crippen LogP contribution >= 0.6 is 0 Å². The van der Waals surface area contributed by atoms with Crippen LogP contribution in [0.2, 0.25) is 0 Å². The lowest BCUT2D eigenvalue weighted by molar-refractivity contribution is 0.189. The number of rotatable bonds is 5. The van der Waals surface area contributed by atoms with E-state index in [1.165, 1.54) is 0 Å². The fraction of sp³-hybridized carbons (Fsp3) is 0.545. The summed E-state index contributed by atoms with van der Waals surface area (Å²) in [5.74, 6) is 1.31. The van der Waals surface area contributed by atoms with E-state index in [0.717, 1.165) is 25.5 Å². The van der Waals surface area contributed by atoms with Gasteiger partial charge < -0.3 is 14.8 Å². The van der Waals surface area contributed by atoms with Gasteiger partial charge in [-0.2, -0.15) is 0 Å². The average Bonchev–Trinajstić information content (AvgIpc) is 3.22. The summed E-state index contributed by atoms with van der Waals surface area (Å²) in [6.07, 6.45) is 6.72. The molecule has 1 fully saturated rings. The fourth-order valence-corrected chi connectivity index (χ4v) is 5.63. The molecule has 170 valence electrons. The quantitative estimate of drug-likeness (QED) is 0.544. The third-order valence-electron chi connectivity index (χ3n) is 5.48. The number of hydrogen-bond donors (Lipinski definition) is 2. The Morgan fingerprint density at radius 3 is 2.68 bits per heavy atom. The highest BCUT2D eigenvalue weighted by Crippen LogP contribution is 2.27. The van der Waals surface area contributed by atoms with E-state index in [9.17, 15) is 8.42 Å². The Bertz CT molecular complexity index is 995. The van der Waals surface area contributed by atoms with Crippen molar-refractivity contribution in [3.8, 4) is 0 Å². The van der Waals surface area contributed by atoms with Gasteiger partial charge in [0.05, 0.1) is 17.3 Å². The molecule has 1 aromatic carbocycles. The number of aromatic nitrogens is 2. The SMILES string of the molecule is CN=C(NCc1ccccc1S(=O)(=O)NC(C)(C)C)N1CCC(C)C(n2ccnc2)C1. The summed E-state index contributed by atoms with van der Waals surface area (Å²) in [6.45, 7) is 9.86. The summed E-state index contributed by atoms with van der Waals surface area (Å²) in [7, 11) is -1.87. The molecule has 0 bridgehead atoms. The van der Waals surface area contributed by atoms with E-state index in [1.54, 1.807) is 19.2 Å². The Balaban J connectivity index is 1.73. The van der Waals surface area contributed by atoms with Gasteiger partial charge in [-0.25, -0.2) is 18.1 Å². The number of nitrogens with one attached hydrogen (secondary N) is 2. The van der Waals surface area contributed by atoms with Crippen molar-refractivity contribution >= 4 is 16.0 Å². The van der Waals surface area contributed by atoms with Crippen molar-refractivity contribution < 1.29 is 8.42 Å². The minimum absolute atomic E-state index is 0.288. The maximum atomic E-state index is 12.9. The van der Waals surface area contributed by atoms with Gasteiger partial charge in [-0.15, -0.1) is 0 Å². The second-order valence-corrected chi connectivity index (χ2v) is 10.8. The highest BCUT2D eigenvalue weighted by Gasteiger charge is 2.29. The van der Waals surface area contributed by atoms with Gasteiger partial charge in [0.2, 0.25) is 10.0 Å². The molecule has 0 spiro atoms. The molecule has 0 saturated carbocycles. The van der Waals surface area contributed by atoms with E-state index in [-0.39, 0.29) is 4.90 Å². The maximum absolute atomic E-state index is 12.9. The van der Waals surface area contributed by atoms with Crippen LogP contribution in [-0.4, -0.2) is 54.5 Å². The Kier molecular flexibility index (Phi) is 7.06. The van der Waals surface area contributed by atoms with Crippen LogP contribution in [0.5, 0.6) is 0 Å². The van der Waals surface area contributed by atoms with Crippen molar-refractivity contribution in [3.63, 3.8) is 0 Å². The zero-order valence-corrected chi connectivity index (χ0v) is 19.9. The van der Waals surface area contributed by atoms with Crippen LogP contribution in [0.1, 0.15) is 45.7 Å². The first kappa shape index (κ1) is 23.3. The molecule has 1 saturated heterocycles. The van der Waals surface area contributed by atoms with Crippen LogP contribution in [-0.2, 0) is 16.6 Å². The van der Waals surface area contributed by atoms with E-state index in [4.69, 9.17) is 0 Å². The summed E-state index contributed by atoms with van der Waals surface area (Å²) in [6, 6.07) is 7.40. The molecular formula is C22H34N6O2S. The first-order valence-corrected chi connectivity index (χ1v) is 12.1. The molecule has 8 nitrogen and oxygen atoms in total. The summed E-state index contributed by atoms with van der Waals surface area (Å²) in [5.41, 5.74) is 0.152. The Hall–Kier alpha value is -2.39. The van der Waals surface area contributed by atoms with Crippen molar-refractivity contribution in [2.24, 2.45) is 10.9 Å². The molecule has 1 aliphatic rings. The highest BCUT2D eigenvalue weighted by molar-refractivity contribution is 7.89. The lowest BCUT2D eigenvalue weighted by atomic mass is 9.93. The number of likely N-dealkylation sites (tertiary alicyclic amines) is 1. The Labute approximate surface area is 185 Å². The predicted molar refractivity (Wildman–Crippen MR) is 123 cm³/mol. The predicted octanol–water partition coefficient (Wildman–Crippen LogP) is 2.62. The topological polar surface area (TPSA) is 91.6 Å². The standard InChI is InChI=1S/C22H34N6O2S/c1-17-10-12-27(15-19(17)28-13-11-24-16-28)21(23-5)25-14-18-8-6-7-9-20(18)31(29,30)26-22(2,3)4/h6-9,11,13,16-17,19,26H,10,12,14-15H2,1-5H3,(H,23,25). The van der Waals surface area contributed by atoms with Gasteiger partial charge >= 0.3 is 0 Å². The third-order valence-corrected chi connectivity index (χ3v) is 7.34. The molecule has 2 atom stereocenters. The molecule has 1 aromatic heterocycles. The first-order chi connectivity index (χ1) is 14.6. The fourth-order valence-electron chi connectivity index (χ4n) is 3.97. The minimum Gasteiger partial charge on any atom is -0.352 e. The monoisotopic (exact) mass is 446 g/mol. The number of benzene rings is 1. The number of guanidine groups is 1. The molecule has 31 heavy (non-hydrogen) atoms. The Morgan fingerprint density at radius 2 is 2.03 bits per heavy atom. The number of sulfonamides is 1. The summed E-state index contributed by atoms with van der Waals surface area (Å²) < 4.78 is 30.7.